The molecule has 1 amide bonds. The Balaban J connectivity index is 1.43. The summed E-state index contributed by atoms with van der Waals surface area (Å²) in [5.74, 6) is -1.81. The van der Waals surface area contributed by atoms with Crippen LogP contribution in [0.2, 0.25) is 0 Å². The molecule has 29 heavy (non-hydrogen) atoms. The van der Waals surface area contributed by atoms with Crippen molar-refractivity contribution in [1.82, 2.24) is 4.90 Å². The fraction of sp³-hybridized carbons (Fsp3) is 0.619. The van der Waals surface area contributed by atoms with Crippen LogP contribution >= 0.6 is 0 Å². The summed E-state index contributed by atoms with van der Waals surface area (Å²) >= 11 is 0. The number of carbonyl (C=O) groups is 2. The lowest BCUT2D eigenvalue weighted by molar-refractivity contribution is -0.162. The zero-order valence-corrected chi connectivity index (χ0v) is 16.1. The van der Waals surface area contributed by atoms with Crippen molar-refractivity contribution in [2.45, 2.75) is 31.9 Å². The Kier molecular flexibility index (Phi) is 5.21. The highest BCUT2D eigenvalue weighted by Gasteiger charge is 2.51. The maximum Gasteiger partial charge on any atom is 0.416 e. The standard InChI is InChI=1S/C21H25F3N2O3/c22-21(23,24)15-2-1-3-16(12-15)25-8-10-26(11-9-25)19(27)17-13-4-6-14(7-5-13)18(17)20(28)29/h1-3,12-14,17-18H,4-11H2,(H,28,29)/t13?,14?,17-,18+/m1/s1. The zero-order valence-electron chi connectivity index (χ0n) is 16.1. The van der Waals surface area contributed by atoms with Crippen molar-refractivity contribution in [3.05, 3.63) is 29.8 Å². The minimum atomic E-state index is -4.39. The molecule has 2 atom stereocenters. The second-order valence-corrected chi connectivity index (χ2v) is 8.43. The van der Waals surface area contributed by atoms with Crippen LogP contribution in [-0.4, -0.2) is 48.1 Å². The van der Waals surface area contributed by atoms with E-state index < -0.39 is 29.5 Å². The van der Waals surface area contributed by atoms with Crippen molar-refractivity contribution < 1.29 is 27.9 Å². The molecule has 1 saturated heterocycles. The van der Waals surface area contributed by atoms with Gasteiger partial charge in [0.1, 0.15) is 0 Å². The van der Waals surface area contributed by atoms with E-state index in [1.165, 1.54) is 6.07 Å². The van der Waals surface area contributed by atoms with E-state index in [9.17, 15) is 27.9 Å². The Labute approximate surface area is 167 Å². The van der Waals surface area contributed by atoms with Gasteiger partial charge in [0, 0.05) is 31.9 Å². The molecule has 3 aliphatic carbocycles. The Hall–Kier alpha value is -2.25. The molecule has 1 aromatic carbocycles. The third-order valence-corrected chi connectivity index (χ3v) is 6.92. The maximum absolute atomic E-state index is 13.2. The second kappa shape index (κ2) is 7.54. The first-order valence-electron chi connectivity index (χ1n) is 10.2. The summed E-state index contributed by atoms with van der Waals surface area (Å²) in [6, 6.07) is 5.23. The number of carbonyl (C=O) groups excluding carboxylic acids is 1. The van der Waals surface area contributed by atoms with Gasteiger partial charge in [-0.1, -0.05) is 6.07 Å². The SMILES string of the molecule is O=C(O)[C@H]1C2CCC(CC2)[C@H]1C(=O)N1CCN(c2cccc(C(F)(F)F)c2)CC1. The Morgan fingerprint density at radius 2 is 1.52 bits per heavy atom. The molecule has 0 unspecified atom stereocenters. The van der Waals surface area contributed by atoms with Gasteiger partial charge >= 0.3 is 12.1 Å². The number of amides is 1. The highest BCUT2D eigenvalue weighted by atomic mass is 19.4. The summed E-state index contributed by atoms with van der Waals surface area (Å²) in [5, 5.41) is 9.69. The second-order valence-electron chi connectivity index (χ2n) is 8.43. The smallest absolute Gasteiger partial charge is 0.416 e. The summed E-state index contributed by atoms with van der Waals surface area (Å²) in [5.41, 5.74) is -0.192. The highest BCUT2D eigenvalue weighted by Crippen LogP contribution is 2.49. The molecule has 1 aliphatic heterocycles. The van der Waals surface area contributed by atoms with Crippen LogP contribution in [0.4, 0.5) is 18.9 Å². The lowest BCUT2D eigenvalue weighted by atomic mass is 9.58. The monoisotopic (exact) mass is 410 g/mol. The van der Waals surface area contributed by atoms with Crippen molar-refractivity contribution in [2.75, 3.05) is 31.1 Å². The first kappa shape index (κ1) is 20.0. The molecule has 4 aliphatic rings. The lowest BCUT2D eigenvalue weighted by Gasteiger charge is -2.48. The van der Waals surface area contributed by atoms with E-state index in [-0.39, 0.29) is 17.7 Å². The Morgan fingerprint density at radius 3 is 2.07 bits per heavy atom. The summed E-state index contributed by atoms with van der Waals surface area (Å²) in [7, 11) is 0. The molecule has 5 nitrogen and oxygen atoms in total. The number of piperazine rings is 1. The van der Waals surface area contributed by atoms with Gasteiger partial charge in [-0.25, -0.2) is 0 Å². The molecule has 3 saturated carbocycles. The molecule has 1 N–H and O–H groups in total. The van der Waals surface area contributed by atoms with E-state index in [0.29, 0.717) is 31.9 Å². The Morgan fingerprint density at radius 1 is 0.931 bits per heavy atom. The molecule has 0 aromatic heterocycles. The van der Waals surface area contributed by atoms with Gasteiger partial charge in [-0.2, -0.15) is 13.2 Å². The summed E-state index contributed by atoms with van der Waals surface area (Å²) < 4.78 is 38.9. The van der Waals surface area contributed by atoms with Crippen LogP contribution in [0.5, 0.6) is 0 Å². The number of nitrogens with zero attached hydrogens (tertiary/aromatic N) is 2. The van der Waals surface area contributed by atoms with Gasteiger partial charge in [0.2, 0.25) is 5.91 Å². The van der Waals surface area contributed by atoms with E-state index in [1.54, 1.807) is 11.0 Å². The van der Waals surface area contributed by atoms with Gasteiger partial charge in [0.25, 0.3) is 0 Å². The van der Waals surface area contributed by atoms with Gasteiger partial charge < -0.3 is 14.9 Å². The molecule has 2 bridgehead atoms. The zero-order chi connectivity index (χ0) is 20.8. The third kappa shape index (κ3) is 3.81. The molecule has 4 fully saturated rings. The first-order chi connectivity index (χ1) is 13.8. The molecule has 0 radical (unpaired) electrons. The molecule has 0 spiro atoms. The largest absolute Gasteiger partial charge is 0.481 e. The molecule has 1 heterocycles. The minimum Gasteiger partial charge on any atom is -0.481 e. The van der Waals surface area contributed by atoms with E-state index in [2.05, 4.69) is 0 Å². The molecular formula is C21H25F3N2O3. The number of aliphatic carboxylic acids is 1. The van der Waals surface area contributed by atoms with Crippen LogP contribution in [0.15, 0.2) is 24.3 Å². The molecular weight excluding hydrogens is 385 g/mol. The quantitative estimate of drug-likeness (QED) is 0.829. The number of carboxylic acids is 1. The van der Waals surface area contributed by atoms with Gasteiger partial charge in [-0.3, -0.25) is 9.59 Å². The van der Waals surface area contributed by atoms with Gasteiger partial charge in [0.05, 0.1) is 17.4 Å². The van der Waals surface area contributed by atoms with Crippen LogP contribution in [0.1, 0.15) is 31.2 Å². The van der Waals surface area contributed by atoms with Crippen LogP contribution in [-0.2, 0) is 15.8 Å². The number of benzene rings is 1. The van der Waals surface area contributed by atoms with Crippen molar-refractivity contribution in [2.24, 2.45) is 23.7 Å². The fourth-order valence-electron chi connectivity index (χ4n) is 5.43. The van der Waals surface area contributed by atoms with Crippen molar-refractivity contribution >= 4 is 17.6 Å². The van der Waals surface area contributed by atoms with E-state index >= 15 is 0 Å². The highest BCUT2D eigenvalue weighted by molar-refractivity contribution is 5.86. The number of hydrogen-bond acceptors (Lipinski definition) is 3. The Bertz CT molecular complexity index is 782. The topological polar surface area (TPSA) is 60.9 Å². The van der Waals surface area contributed by atoms with Crippen LogP contribution in [0.25, 0.3) is 0 Å². The predicted octanol–water partition coefficient (Wildman–Crippen LogP) is 3.49. The molecule has 158 valence electrons. The van der Waals surface area contributed by atoms with Gasteiger partial charge in [-0.05, 0) is 55.7 Å². The van der Waals surface area contributed by atoms with E-state index in [4.69, 9.17) is 0 Å². The van der Waals surface area contributed by atoms with E-state index in [1.807, 2.05) is 4.90 Å². The molecule has 1 aromatic rings. The first-order valence-corrected chi connectivity index (χ1v) is 10.2. The number of alkyl halides is 3. The number of hydrogen-bond donors (Lipinski definition) is 1. The van der Waals surface area contributed by atoms with Crippen molar-refractivity contribution in [3.8, 4) is 0 Å². The lowest BCUT2D eigenvalue weighted by Crippen LogP contribution is -2.56. The van der Waals surface area contributed by atoms with Crippen LogP contribution < -0.4 is 4.90 Å². The molecule has 8 heteroatoms. The van der Waals surface area contributed by atoms with Gasteiger partial charge in [-0.15, -0.1) is 0 Å². The number of carboxylic acid groups (broad SMARTS) is 1. The molecule has 5 rings (SSSR count). The van der Waals surface area contributed by atoms with Crippen LogP contribution in [0, 0.1) is 23.7 Å². The van der Waals surface area contributed by atoms with Crippen molar-refractivity contribution in [3.63, 3.8) is 0 Å². The summed E-state index contributed by atoms with van der Waals surface area (Å²) in [4.78, 5) is 28.6. The third-order valence-electron chi connectivity index (χ3n) is 6.92. The summed E-state index contributed by atoms with van der Waals surface area (Å²) in [6.07, 6.45) is -0.798. The maximum atomic E-state index is 13.2. The van der Waals surface area contributed by atoms with E-state index in [0.717, 1.165) is 37.8 Å². The normalized spacial score (nSPS) is 29.8. The van der Waals surface area contributed by atoms with Gasteiger partial charge in [0.15, 0.2) is 0 Å². The van der Waals surface area contributed by atoms with Crippen molar-refractivity contribution in [1.29, 1.82) is 0 Å². The van der Waals surface area contributed by atoms with Crippen LogP contribution in [0.3, 0.4) is 0 Å². The number of fused-ring (bicyclic) bond motifs is 3. The minimum absolute atomic E-state index is 0.0813. The average Bonchev–Trinajstić information content (AvgIpc) is 2.73. The average molecular weight is 410 g/mol. The number of anilines is 1. The predicted molar refractivity (Wildman–Crippen MR) is 100 cm³/mol. The number of halogens is 3. The fourth-order valence-corrected chi connectivity index (χ4v) is 5.43. The number of rotatable bonds is 3. The summed E-state index contributed by atoms with van der Waals surface area (Å²) in [6.45, 7) is 1.67.